The lowest BCUT2D eigenvalue weighted by molar-refractivity contribution is -0.390. The molecule has 2 aromatic rings. The molecule has 0 fully saturated rings. The van der Waals surface area contributed by atoms with Crippen molar-refractivity contribution in [3.05, 3.63) is 44.0 Å². The van der Waals surface area contributed by atoms with Crippen molar-refractivity contribution in [1.29, 1.82) is 0 Å². The van der Waals surface area contributed by atoms with Crippen molar-refractivity contribution < 1.29 is 14.5 Å². The highest BCUT2D eigenvalue weighted by Gasteiger charge is 2.24. The minimum absolute atomic E-state index is 0.143. The molecule has 0 atom stereocenters. The molecule has 2 rings (SSSR count). The zero-order valence-electron chi connectivity index (χ0n) is 12.8. The van der Waals surface area contributed by atoms with E-state index >= 15 is 0 Å². The Morgan fingerprint density at radius 1 is 1.48 bits per heavy atom. The van der Waals surface area contributed by atoms with Crippen LogP contribution in [0.3, 0.4) is 0 Å². The first kappa shape index (κ1) is 16.9. The lowest BCUT2D eigenvalue weighted by Crippen LogP contribution is -2.20. The van der Waals surface area contributed by atoms with Crippen LogP contribution < -0.4 is 10.1 Å². The van der Waals surface area contributed by atoms with Gasteiger partial charge in [0.2, 0.25) is 5.91 Å². The van der Waals surface area contributed by atoms with Gasteiger partial charge in [-0.15, -0.1) is 0 Å². The van der Waals surface area contributed by atoms with Crippen LogP contribution >= 0.6 is 15.9 Å². The number of rotatable bonds is 5. The number of anilines is 1. The summed E-state index contributed by atoms with van der Waals surface area (Å²) in [6, 6.07) is 5.41. The van der Waals surface area contributed by atoms with E-state index in [4.69, 9.17) is 4.74 Å². The number of halogens is 1. The number of hydrogen-bond acceptors (Lipinski definition) is 5. The van der Waals surface area contributed by atoms with Gasteiger partial charge in [0, 0.05) is 0 Å². The molecule has 1 N–H and O–H groups in total. The Labute approximate surface area is 140 Å². The van der Waals surface area contributed by atoms with E-state index in [1.54, 1.807) is 19.1 Å². The summed E-state index contributed by atoms with van der Waals surface area (Å²) in [5.41, 5.74) is 2.01. The van der Waals surface area contributed by atoms with Crippen LogP contribution in [0.5, 0.6) is 5.75 Å². The number of carbonyl (C=O) groups excluding carboxylic acids is 1. The third-order valence-electron chi connectivity index (χ3n) is 3.21. The number of nitro groups is 1. The summed E-state index contributed by atoms with van der Waals surface area (Å²) >= 11 is 3.11. The molecule has 0 aliphatic rings. The van der Waals surface area contributed by atoms with Crippen molar-refractivity contribution in [2.75, 3.05) is 12.4 Å². The van der Waals surface area contributed by atoms with E-state index in [9.17, 15) is 14.9 Å². The Hall–Kier alpha value is -2.42. The van der Waals surface area contributed by atoms with Gasteiger partial charge in [-0.2, -0.15) is 4.68 Å². The van der Waals surface area contributed by atoms with Gasteiger partial charge in [0.15, 0.2) is 0 Å². The molecule has 0 spiro atoms. The first-order chi connectivity index (χ1) is 10.8. The fourth-order valence-corrected chi connectivity index (χ4v) is 2.45. The normalized spacial score (nSPS) is 10.4. The maximum atomic E-state index is 12.2. The number of ether oxygens (including phenoxy) is 1. The van der Waals surface area contributed by atoms with E-state index < -0.39 is 4.92 Å². The zero-order chi connectivity index (χ0) is 17.1. The van der Waals surface area contributed by atoms with Gasteiger partial charge in [0.25, 0.3) is 0 Å². The van der Waals surface area contributed by atoms with E-state index in [0.717, 1.165) is 5.56 Å². The van der Waals surface area contributed by atoms with Crippen LogP contribution in [-0.4, -0.2) is 27.7 Å². The Bertz CT molecular complexity index is 772. The lowest BCUT2D eigenvalue weighted by Gasteiger charge is -2.10. The number of aryl methyl sites for hydroxylation is 1. The van der Waals surface area contributed by atoms with Crippen molar-refractivity contribution in [1.82, 2.24) is 9.78 Å². The molecule has 1 aromatic heterocycles. The molecule has 0 aliphatic heterocycles. The zero-order valence-corrected chi connectivity index (χ0v) is 14.4. The van der Waals surface area contributed by atoms with Gasteiger partial charge >= 0.3 is 5.82 Å². The summed E-state index contributed by atoms with van der Waals surface area (Å²) in [7, 11) is 1.51. The lowest BCUT2D eigenvalue weighted by atomic mass is 10.2. The Morgan fingerprint density at radius 3 is 2.74 bits per heavy atom. The smallest absolute Gasteiger partial charge is 0.404 e. The molecule has 0 saturated carbocycles. The standard InChI is InChI=1S/C14H15BrN4O4/c1-8-4-5-11(23-3)10(6-8)16-12(20)7-18-9(2)13(15)14(17-18)19(21)22/h4-6H,7H2,1-3H3,(H,16,20). The summed E-state index contributed by atoms with van der Waals surface area (Å²) < 4.78 is 6.74. The summed E-state index contributed by atoms with van der Waals surface area (Å²) in [4.78, 5) is 22.5. The fourth-order valence-electron chi connectivity index (χ4n) is 2.02. The molecular weight excluding hydrogens is 368 g/mol. The second kappa shape index (κ2) is 6.78. The third kappa shape index (κ3) is 3.67. The predicted molar refractivity (Wildman–Crippen MR) is 87.7 cm³/mol. The summed E-state index contributed by atoms with van der Waals surface area (Å²) in [5, 5.41) is 17.4. The molecule has 0 bridgehead atoms. The summed E-state index contributed by atoms with van der Waals surface area (Å²) in [6.07, 6.45) is 0. The molecule has 1 heterocycles. The number of aromatic nitrogens is 2. The molecule has 1 amide bonds. The summed E-state index contributed by atoms with van der Waals surface area (Å²) in [6.45, 7) is 3.40. The first-order valence-electron chi connectivity index (χ1n) is 6.65. The first-order valence-corrected chi connectivity index (χ1v) is 7.44. The van der Waals surface area contributed by atoms with Gasteiger partial charge < -0.3 is 20.2 Å². The molecule has 1 aromatic carbocycles. The van der Waals surface area contributed by atoms with E-state index in [1.165, 1.54) is 11.8 Å². The Kier molecular flexibility index (Phi) is 4.99. The largest absolute Gasteiger partial charge is 0.495 e. The average Bonchev–Trinajstić information content (AvgIpc) is 2.76. The maximum absolute atomic E-state index is 12.2. The molecule has 0 aliphatic carbocycles. The van der Waals surface area contributed by atoms with Gasteiger partial charge in [0.1, 0.15) is 16.8 Å². The number of benzene rings is 1. The number of nitrogens with one attached hydrogen (secondary N) is 1. The quantitative estimate of drug-likeness (QED) is 0.632. The molecular formula is C14H15BrN4O4. The van der Waals surface area contributed by atoms with Crippen LogP contribution in [0, 0.1) is 24.0 Å². The van der Waals surface area contributed by atoms with Crippen molar-refractivity contribution in [3.8, 4) is 5.75 Å². The molecule has 0 saturated heterocycles. The van der Waals surface area contributed by atoms with Crippen molar-refractivity contribution in [3.63, 3.8) is 0 Å². The van der Waals surface area contributed by atoms with Crippen LogP contribution in [-0.2, 0) is 11.3 Å². The van der Waals surface area contributed by atoms with E-state index in [0.29, 0.717) is 17.1 Å². The maximum Gasteiger partial charge on any atom is 0.404 e. The summed E-state index contributed by atoms with van der Waals surface area (Å²) in [5.74, 6) is -0.140. The van der Waals surface area contributed by atoms with Gasteiger partial charge in [-0.25, -0.2) is 0 Å². The molecule has 8 nitrogen and oxygen atoms in total. The molecule has 23 heavy (non-hydrogen) atoms. The predicted octanol–water partition coefficient (Wildman–Crippen LogP) is 2.82. The molecule has 122 valence electrons. The minimum atomic E-state index is -0.602. The van der Waals surface area contributed by atoms with E-state index in [2.05, 4.69) is 26.3 Å². The number of carbonyl (C=O) groups is 1. The van der Waals surface area contributed by atoms with E-state index in [-0.39, 0.29) is 22.7 Å². The number of nitrogens with zero attached hydrogens (tertiary/aromatic N) is 3. The second-order valence-electron chi connectivity index (χ2n) is 4.89. The third-order valence-corrected chi connectivity index (χ3v) is 4.14. The monoisotopic (exact) mass is 382 g/mol. The Balaban J connectivity index is 2.19. The minimum Gasteiger partial charge on any atom is -0.495 e. The van der Waals surface area contributed by atoms with Crippen molar-refractivity contribution in [2.45, 2.75) is 20.4 Å². The van der Waals surface area contributed by atoms with Gasteiger partial charge in [0.05, 0.1) is 23.6 Å². The highest BCUT2D eigenvalue weighted by atomic mass is 79.9. The van der Waals surface area contributed by atoms with Gasteiger partial charge in [-0.05, 0) is 52.4 Å². The highest BCUT2D eigenvalue weighted by molar-refractivity contribution is 9.10. The van der Waals surface area contributed by atoms with Crippen molar-refractivity contribution in [2.24, 2.45) is 0 Å². The van der Waals surface area contributed by atoms with Gasteiger partial charge in [-0.3, -0.25) is 4.79 Å². The van der Waals surface area contributed by atoms with E-state index in [1.807, 2.05) is 13.0 Å². The number of amides is 1. The Morgan fingerprint density at radius 2 is 2.17 bits per heavy atom. The van der Waals surface area contributed by atoms with Crippen LogP contribution in [0.2, 0.25) is 0 Å². The highest BCUT2D eigenvalue weighted by Crippen LogP contribution is 2.28. The molecule has 0 radical (unpaired) electrons. The topological polar surface area (TPSA) is 99.3 Å². The average molecular weight is 383 g/mol. The fraction of sp³-hybridized carbons (Fsp3) is 0.286. The number of methoxy groups -OCH3 is 1. The van der Waals surface area contributed by atoms with Crippen molar-refractivity contribution >= 4 is 33.3 Å². The van der Waals surface area contributed by atoms with Crippen LogP contribution in [0.4, 0.5) is 11.5 Å². The second-order valence-corrected chi connectivity index (χ2v) is 5.68. The van der Waals surface area contributed by atoms with Crippen LogP contribution in [0.1, 0.15) is 11.3 Å². The number of hydrogen-bond donors (Lipinski definition) is 1. The SMILES string of the molecule is COc1ccc(C)cc1NC(=O)Cn1nc([N+](=O)[O-])c(Br)c1C. The van der Waals surface area contributed by atoms with Gasteiger partial charge in [-0.1, -0.05) is 6.07 Å². The molecule has 0 unspecified atom stereocenters. The molecule has 9 heteroatoms. The van der Waals surface area contributed by atoms with Crippen LogP contribution in [0.25, 0.3) is 0 Å². The van der Waals surface area contributed by atoms with Crippen LogP contribution in [0.15, 0.2) is 22.7 Å².